The number of carbonyl (C=O) groups is 2. The lowest BCUT2D eigenvalue weighted by molar-refractivity contribution is 0.0916. The first-order valence-corrected chi connectivity index (χ1v) is 8.86. The van der Waals surface area contributed by atoms with Crippen LogP contribution in [0.5, 0.6) is 0 Å². The molecule has 1 aromatic heterocycles. The third-order valence-corrected chi connectivity index (χ3v) is 5.07. The molecule has 4 nitrogen and oxygen atoms in total. The molecule has 25 heavy (non-hydrogen) atoms. The first-order chi connectivity index (χ1) is 12.1. The lowest BCUT2D eigenvalue weighted by Crippen LogP contribution is -2.28. The lowest BCUT2D eigenvalue weighted by atomic mass is 10.0. The molecule has 0 spiro atoms. The zero-order chi connectivity index (χ0) is 17.4. The summed E-state index contributed by atoms with van der Waals surface area (Å²) >= 11 is 1.50. The van der Waals surface area contributed by atoms with Crippen molar-refractivity contribution >= 4 is 23.0 Å². The molecule has 1 aliphatic rings. The van der Waals surface area contributed by atoms with Crippen LogP contribution in [0.1, 0.15) is 37.9 Å². The molecular weight excluding hydrogens is 334 g/mol. The van der Waals surface area contributed by atoms with Crippen LogP contribution < -0.4 is 5.32 Å². The largest absolute Gasteiger partial charge is 0.387 e. The van der Waals surface area contributed by atoms with Crippen LogP contribution in [0.25, 0.3) is 11.1 Å². The minimum Gasteiger partial charge on any atom is -0.387 e. The number of aliphatic hydroxyl groups excluding tert-OH is 1. The molecule has 1 unspecified atom stereocenters. The summed E-state index contributed by atoms with van der Waals surface area (Å²) in [6, 6.07) is 14.4. The van der Waals surface area contributed by atoms with Gasteiger partial charge >= 0.3 is 0 Å². The van der Waals surface area contributed by atoms with Crippen molar-refractivity contribution < 1.29 is 14.7 Å². The van der Waals surface area contributed by atoms with Crippen molar-refractivity contribution in [3.63, 3.8) is 0 Å². The van der Waals surface area contributed by atoms with E-state index in [1.54, 1.807) is 18.2 Å². The predicted molar refractivity (Wildman–Crippen MR) is 96.9 cm³/mol. The van der Waals surface area contributed by atoms with Gasteiger partial charge < -0.3 is 10.4 Å². The van der Waals surface area contributed by atoms with E-state index in [2.05, 4.69) is 5.32 Å². The summed E-state index contributed by atoms with van der Waals surface area (Å²) < 4.78 is 0. The molecule has 0 fully saturated rings. The molecule has 1 amide bonds. The molecule has 1 atom stereocenters. The molecule has 3 aromatic rings. The van der Waals surface area contributed by atoms with E-state index in [1.165, 1.54) is 11.3 Å². The highest BCUT2D eigenvalue weighted by Gasteiger charge is 2.27. The van der Waals surface area contributed by atoms with Gasteiger partial charge in [-0.15, -0.1) is 0 Å². The molecule has 5 heteroatoms. The van der Waals surface area contributed by atoms with E-state index >= 15 is 0 Å². The molecule has 0 saturated heterocycles. The fraction of sp³-hybridized carbons (Fsp3) is 0.100. The second-order valence-corrected chi connectivity index (χ2v) is 6.70. The summed E-state index contributed by atoms with van der Waals surface area (Å²) in [5.74, 6) is -0.362. The topological polar surface area (TPSA) is 66.4 Å². The second-order valence-electron chi connectivity index (χ2n) is 5.92. The van der Waals surface area contributed by atoms with E-state index in [9.17, 15) is 14.7 Å². The van der Waals surface area contributed by atoms with Gasteiger partial charge in [0.15, 0.2) is 5.78 Å². The number of rotatable bonds is 4. The summed E-state index contributed by atoms with van der Waals surface area (Å²) in [6.07, 6.45) is -0.740. The van der Waals surface area contributed by atoms with Crippen molar-refractivity contribution in [2.75, 3.05) is 6.54 Å². The third kappa shape index (κ3) is 2.77. The first kappa shape index (κ1) is 15.7. The Labute approximate surface area is 148 Å². The van der Waals surface area contributed by atoms with E-state index in [0.717, 1.165) is 16.7 Å². The first-order valence-electron chi connectivity index (χ1n) is 7.91. The number of thiophene rings is 1. The number of fused-ring (bicyclic) bond motifs is 3. The van der Waals surface area contributed by atoms with Crippen LogP contribution >= 0.6 is 11.3 Å². The molecular formula is C20H15NO3S. The molecule has 4 rings (SSSR count). The van der Waals surface area contributed by atoms with Crippen LogP contribution in [0.2, 0.25) is 0 Å². The molecule has 0 saturated carbocycles. The van der Waals surface area contributed by atoms with Crippen LogP contribution in [0, 0.1) is 0 Å². The maximum Gasteiger partial charge on any atom is 0.251 e. The highest BCUT2D eigenvalue weighted by Crippen LogP contribution is 2.36. The van der Waals surface area contributed by atoms with Crippen molar-refractivity contribution in [3.05, 3.63) is 81.5 Å². The van der Waals surface area contributed by atoms with Crippen molar-refractivity contribution in [1.82, 2.24) is 5.32 Å². The Hall–Kier alpha value is -2.76. The van der Waals surface area contributed by atoms with E-state index in [4.69, 9.17) is 0 Å². The Morgan fingerprint density at radius 1 is 1.04 bits per heavy atom. The number of nitrogens with one attached hydrogen (secondary N) is 1. The average Bonchev–Trinajstić information content (AvgIpc) is 3.27. The Morgan fingerprint density at radius 3 is 2.56 bits per heavy atom. The molecule has 2 N–H and O–H groups in total. The SMILES string of the molecule is O=C(NCC(O)c1ccsc1)c1ccc2c(c1)C(=O)c1ccccc1-2. The average molecular weight is 349 g/mol. The Bertz CT molecular complexity index is 963. The lowest BCUT2D eigenvalue weighted by Gasteiger charge is -2.11. The highest BCUT2D eigenvalue weighted by molar-refractivity contribution is 7.07. The number of aliphatic hydroxyl groups is 1. The smallest absolute Gasteiger partial charge is 0.251 e. The van der Waals surface area contributed by atoms with Gasteiger partial charge in [0.2, 0.25) is 0 Å². The Balaban J connectivity index is 1.53. The van der Waals surface area contributed by atoms with Gasteiger partial charge in [-0.05, 0) is 45.6 Å². The molecule has 0 bridgehead atoms. The molecule has 0 radical (unpaired) electrons. The maximum absolute atomic E-state index is 12.5. The normalized spacial score (nSPS) is 13.2. The molecule has 2 aromatic carbocycles. The van der Waals surface area contributed by atoms with Gasteiger partial charge in [0.1, 0.15) is 0 Å². The molecule has 0 aliphatic heterocycles. The zero-order valence-electron chi connectivity index (χ0n) is 13.2. The van der Waals surface area contributed by atoms with Gasteiger partial charge in [0.25, 0.3) is 5.91 Å². The van der Waals surface area contributed by atoms with Gasteiger partial charge in [-0.3, -0.25) is 9.59 Å². The predicted octanol–water partition coefficient (Wildman–Crippen LogP) is 3.42. The monoisotopic (exact) mass is 349 g/mol. The number of hydrogen-bond donors (Lipinski definition) is 2. The van der Waals surface area contributed by atoms with Gasteiger partial charge in [-0.25, -0.2) is 0 Å². The summed E-state index contributed by atoms with van der Waals surface area (Å²) in [5.41, 5.74) is 4.18. The Morgan fingerprint density at radius 2 is 1.80 bits per heavy atom. The fourth-order valence-corrected chi connectivity index (χ4v) is 3.75. The highest BCUT2D eigenvalue weighted by atomic mass is 32.1. The van der Waals surface area contributed by atoms with Gasteiger partial charge in [-0.1, -0.05) is 30.3 Å². The van der Waals surface area contributed by atoms with Gasteiger partial charge in [0, 0.05) is 23.2 Å². The number of hydrogen-bond acceptors (Lipinski definition) is 4. The second kappa shape index (κ2) is 6.27. The van der Waals surface area contributed by atoms with E-state index in [0.29, 0.717) is 16.7 Å². The summed E-state index contributed by atoms with van der Waals surface area (Å²) in [4.78, 5) is 24.9. The van der Waals surface area contributed by atoms with Crippen molar-refractivity contribution in [1.29, 1.82) is 0 Å². The van der Waals surface area contributed by atoms with Crippen molar-refractivity contribution in [2.45, 2.75) is 6.10 Å². The van der Waals surface area contributed by atoms with Crippen LogP contribution in [0.15, 0.2) is 59.3 Å². The van der Waals surface area contributed by atoms with Crippen LogP contribution in [0.4, 0.5) is 0 Å². The van der Waals surface area contributed by atoms with Crippen molar-refractivity contribution in [3.8, 4) is 11.1 Å². The van der Waals surface area contributed by atoms with Crippen LogP contribution in [-0.2, 0) is 0 Å². The minimum atomic E-state index is -0.740. The molecule has 124 valence electrons. The quantitative estimate of drug-likeness (QED) is 0.593. The Kier molecular flexibility index (Phi) is 3.95. The standard InChI is InChI=1S/C20H15NO3S/c22-18(13-7-8-25-11-13)10-21-20(24)12-5-6-15-14-3-1-2-4-16(14)19(23)17(15)9-12/h1-9,11,18,22H,10H2,(H,21,24). The third-order valence-electron chi connectivity index (χ3n) is 4.37. The summed E-state index contributed by atoms with van der Waals surface area (Å²) in [6.45, 7) is 0.126. The summed E-state index contributed by atoms with van der Waals surface area (Å²) in [7, 11) is 0. The zero-order valence-corrected chi connectivity index (χ0v) is 14.0. The van der Waals surface area contributed by atoms with Crippen LogP contribution in [-0.4, -0.2) is 23.3 Å². The fourth-order valence-electron chi connectivity index (χ4n) is 3.04. The number of carbonyl (C=O) groups excluding carboxylic acids is 2. The van der Waals surface area contributed by atoms with E-state index in [1.807, 2.05) is 41.1 Å². The molecule has 1 heterocycles. The maximum atomic E-state index is 12.5. The van der Waals surface area contributed by atoms with E-state index < -0.39 is 6.10 Å². The van der Waals surface area contributed by atoms with Gasteiger partial charge in [0.05, 0.1) is 6.10 Å². The minimum absolute atomic E-state index is 0.0569. The number of ketones is 1. The van der Waals surface area contributed by atoms with E-state index in [-0.39, 0.29) is 18.2 Å². The number of amides is 1. The number of benzene rings is 2. The van der Waals surface area contributed by atoms with Gasteiger partial charge in [-0.2, -0.15) is 11.3 Å². The summed E-state index contributed by atoms with van der Waals surface area (Å²) in [5, 5.41) is 16.5. The molecule has 1 aliphatic carbocycles. The van der Waals surface area contributed by atoms with Crippen LogP contribution in [0.3, 0.4) is 0 Å². The van der Waals surface area contributed by atoms with Crippen molar-refractivity contribution in [2.24, 2.45) is 0 Å².